The lowest BCUT2D eigenvalue weighted by atomic mass is 9.80. The summed E-state index contributed by atoms with van der Waals surface area (Å²) in [6.45, 7) is 6.70. The normalized spacial score (nSPS) is 27.1. The number of aliphatic hydroxyl groups excluding tert-OH is 1. The van der Waals surface area contributed by atoms with Crippen molar-refractivity contribution in [1.29, 1.82) is 0 Å². The zero-order valence-electron chi connectivity index (χ0n) is 11.6. The maximum absolute atomic E-state index is 9.70. The number of aliphatic hydroxyl groups is 1. The molecule has 3 heteroatoms. The molecule has 0 aromatic carbocycles. The van der Waals surface area contributed by atoms with Gasteiger partial charge in [0.15, 0.2) is 0 Å². The van der Waals surface area contributed by atoms with Gasteiger partial charge in [-0.3, -0.25) is 0 Å². The molecule has 0 radical (unpaired) electrons. The molecule has 0 amide bonds. The first-order chi connectivity index (χ1) is 8.04. The number of allylic oxidation sites excluding steroid dienone is 1. The average Bonchev–Trinajstić information content (AvgIpc) is 2.24. The second-order valence-electron chi connectivity index (χ2n) is 5.44. The lowest BCUT2D eigenvalue weighted by Crippen LogP contribution is -2.37. The van der Waals surface area contributed by atoms with Gasteiger partial charge in [-0.05, 0) is 38.6 Å². The molecule has 0 aliphatic heterocycles. The number of likely N-dealkylation sites (N-methyl/N-ethyl adjacent to an activating group) is 1. The van der Waals surface area contributed by atoms with Crippen LogP contribution >= 0.6 is 0 Å². The number of ether oxygens (including phenoxy) is 1. The molecule has 17 heavy (non-hydrogen) atoms. The van der Waals surface area contributed by atoms with E-state index in [1.807, 2.05) is 0 Å². The van der Waals surface area contributed by atoms with Gasteiger partial charge in [-0.15, -0.1) is 0 Å². The van der Waals surface area contributed by atoms with Crippen LogP contribution in [0.15, 0.2) is 11.6 Å². The van der Waals surface area contributed by atoms with Crippen LogP contribution in [0.3, 0.4) is 0 Å². The molecular weight excluding hydrogens is 214 g/mol. The van der Waals surface area contributed by atoms with E-state index in [0.717, 1.165) is 12.5 Å². The van der Waals surface area contributed by atoms with Crippen LogP contribution in [-0.4, -0.2) is 50.0 Å². The van der Waals surface area contributed by atoms with Gasteiger partial charge in [-0.1, -0.05) is 18.6 Å². The average molecular weight is 241 g/mol. The van der Waals surface area contributed by atoms with Crippen LogP contribution in [0.5, 0.6) is 0 Å². The third kappa shape index (κ3) is 4.78. The Balaban J connectivity index is 2.41. The van der Waals surface area contributed by atoms with E-state index in [0.29, 0.717) is 19.1 Å². The van der Waals surface area contributed by atoms with E-state index >= 15 is 0 Å². The maximum Gasteiger partial charge on any atom is 0.0899 e. The van der Waals surface area contributed by atoms with E-state index in [4.69, 9.17) is 4.74 Å². The van der Waals surface area contributed by atoms with Crippen molar-refractivity contribution in [3.8, 4) is 0 Å². The van der Waals surface area contributed by atoms with Crippen molar-refractivity contribution in [2.75, 3.05) is 33.9 Å². The highest BCUT2D eigenvalue weighted by Gasteiger charge is 2.23. The Morgan fingerprint density at radius 3 is 2.88 bits per heavy atom. The summed E-state index contributed by atoms with van der Waals surface area (Å²) >= 11 is 0. The first-order valence-corrected chi connectivity index (χ1v) is 6.56. The molecule has 1 aliphatic carbocycles. The fourth-order valence-corrected chi connectivity index (χ4v) is 2.71. The van der Waals surface area contributed by atoms with Gasteiger partial charge in [-0.2, -0.15) is 0 Å². The van der Waals surface area contributed by atoms with Crippen LogP contribution in [0.4, 0.5) is 0 Å². The minimum Gasteiger partial charge on any atom is -0.389 e. The Kier molecular flexibility index (Phi) is 6.17. The van der Waals surface area contributed by atoms with E-state index in [9.17, 15) is 5.11 Å². The van der Waals surface area contributed by atoms with E-state index < -0.39 is 0 Å². The molecule has 1 rings (SSSR count). The van der Waals surface area contributed by atoms with Crippen molar-refractivity contribution in [2.45, 2.75) is 32.8 Å². The SMILES string of the molecule is COC[C@H](O)CN(C)C[C@H]1C(C)=CCC[C@@H]1C. The second kappa shape index (κ2) is 7.14. The minimum atomic E-state index is -0.381. The molecule has 0 saturated heterocycles. The topological polar surface area (TPSA) is 32.7 Å². The van der Waals surface area contributed by atoms with Gasteiger partial charge in [-0.25, -0.2) is 0 Å². The van der Waals surface area contributed by atoms with E-state index in [2.05, 4.69) is 31.9 Å². The maximum atomic E-state index is 9.70. The second-order valence-corrected chi connectivity index (χ2v) is 5.44. The number of rotatable bonds is 6. The van der Waals surface area contributed by atoms with Gasteiger partial charge in [0.05, 0.1) is 12.7 Å². The highest BCUT2D eigenvalue weighted by molar-refractivity contribution is 5.09. The highest BCUT2D eigenvalue weighted by Crippen LogP contribution is 2.30. The van der Waals surface area contributed by atoms with Crippen LogP contribution < -0.4 is 0 Å². The molecule has 3 nitrogen and oxygen atoms in total. The number of hydrogen-bond donors (Lipinski definition) is 1. The summed E-state index contributed by atoms with van der Waals surface area (Å²) < 4.78 is 4.95. The van der Waals surface area contributed by atoms with Crippen molar-refractivity contribution in [3.63, 3.8) is 0 Å². The lowest BCUT2D eigenvalue weighted by molar-refractivity contribution is 0.0395. The molecule has 1 N–H and O–H groups in total. The lowest BCUT2D eigenvalue weighted by Gasteiger charge is -2.33. The Hall–Kier alpha value is -0.380. The molecule has 100 valence electrons. The summed E-state index contributed by atoms with van der Waals surface area (Å²) in [5, 5.41) is 9.70. The molecular formula is C14H27NO2. The monoisotopic (exact) mass is 241 g/mol. The van der Waals surface area contributed by atoms with Crippen molar-refractivity contribution in [3.05, 3.63) is 11.6 Å². The van der Waals surface area contributed by atoms with Gasteiger partial charge >= 0.3 is 0 Å². The quantitative estimate of drug-likeness (QED) is 0.721. The highest BCUT2D eigenvalue weighted by atomic mass is 16.5. The summed E-state index contributed by atoms with van der Waals surface area (Å²) in [6.07, 6.45) is 4.49. The van der Waals surface area contributed by atoms with Crippen LogP contribution in [0.2, 0.25) is 0 Å². The van der Waals surface area contributed by atoms with Gasteiger partial charge < -0.3 is 14.7 Å². The van der Waals surface area contributed by atoms with Crippen LogP contribution in [-0.2, 0) is 4.74 Å². The molecule has 0 fully saturated rings. The summed E-state index contributed by atoms with van der Waals surface area (Å²) in [4.78, 5) is 2.22. The fourth-order valence-electron chi connectivity index (χ4n) is 2.71. The molecule has 1 aliphatic rings. The van der Waals surface area contributed by atoms with E-state index in [-0.39, 0.29) is 6.10 Å². The molecule has 0 aromatic heterocycles. The van der Waals surface area contributed by atoms with Crippen molar-refractivity contribution in [1.82, 2.24) is 4.90 Å². The fraction of sp³-hybridized carbons (Fsp3) is 0.857. The summed E-state index contributed by atoms with van der Waals surface area (Å²) in [7, 11) is 3.70. The largest absolute Gasteiger partial charge is 0.389 e. The van der Waals surface area contributed by atoms with Crippen molar-refractivity contribution >= 4 is 0 Å². The molecule has 0 spiro atoms. The summed E-state index contributed by atoms with van der Waals surface area (Å²) in [5.74, 6) is 1.39. The van der Waals surface area contributed by atoms with Crippen LogP contribution in [0.25, 0.3) is 0 Å². The molecule has 0 saturated carbocycles. The molecule has 0 aromatic rings. The minimum absolute atomic E-state index is 0.381. The third-order valence-corrected chi connectivity index (χ3v) is 3.75. The van der Waals surface area contributed by atoms with Crippen LogP contribution in [0.1, 0.15) is 26.7 Å². The predicted molar refractivity (Wildman–Crippen MR) is 71.0 cm³/mol. The van der Waals surface area contributed by atoms with Crippen molar-refractivity contribution < 1.29 is 9.84 Å². The summed E-state index contributed by atoms with van der Waals surface area (Å²) in [5.41, 5.74) is 1.51. The Bertz CT molecular complexity index is 253. The predicted octanol–water partition coefficient (Wildman–Crippen LogP) is 1.92. The van der Waals surface area contributed by atoms with Gasteiger partial charge in [0.2, 0.25) is 0 Å². The Morgan fingerprint density at radius 2 is 2.29 bits per heavy atom. The third-order valence-electron chi connectivity index (χ3n) is 3.75. The summed E-state index contributed by atoms with van der Waals surface area (Å²) in [6, 6.07) is 0. The smallest absolute Gasteiger partial charge is 0.0899 e. The zero-order chi connectivity index (χ0) is 12.8. The number of methoxy groups -OCH3 is 1. The first kappa shape index (κ1) is 14.7. The van der Waals surface area contributed by atoms with Crippen molar-refractivity contribution in [2.24, 2.45) is 11.8 Å². The van der Waals surface area contributed by atoms with Gasteiger partial charge in [0, 0.05) is 20.2 Å². The Morgan fingerprint density at radius 1 is 1.59 bits per heavy atom. The molecule has 0 bridgehead atoms. The van der Waals surface area contributed by atoms with E-state index in [1.165, 1.54) is 18.4 Å². The zero-order valence-corrected chi connectivity index (χ0v) is 11.6. The molecule has 0 unspecified atom stereocenters. The standard InChI is InChI=1S/C14H27NO2/c1-11-6-5-7-12(2)14(11)9-15(3)8-13(16)10-17-4/h6,12-14,16H,5,7-10H2,1-4H3/t12-,13+,14-/m0/s1. The first-order valence-electron chi connectivity index (χ1n) is 6.56. The molecule has 3 atom stereocenters. The number of nitrogens with zero attached hydrogens (tertiary/aromatic N) is 1. The molecule has 0 heterocycles. The Labute approximate surface area is 105 Å². The van der Waals surface area contributed by atoms with Crippen LogP contribution in [0, 0.1) is 11.8 Å². The van der Waals surface area contributed by atoms with E-state index in [1.54, 1.807) is 7.11 Å². The van der Waals surface area contributed by atoms with Gasteiger partial charge in [0.25, 0.3) is 0 Å². The number of hydrogen-bond acceptors (Lipinski definition) is 3. The van der Waals surface area contributed by atoms with Gasteiger partial charge in [0.1, 0.15) is 0 Å².